The van der Waals surface area contributed by atoms with Gasteiger partial charge in [-0.05, 0) is 96.4 Å². The van der Waals surface area contributed by atoms with Gasteiger partial charge < -0.3 is 42.8 Å². The number of anilines is 2. The van der Waals surface area contributed by atoms with Gasteiger partial charge in [0.1, 0.15) is 46.6 Å². The molecule has 9 rings (SSSR count). The van der Waals surface area contributed by atoms with Gasteiger partial charge >= 0.3 is 0 Å². The van der Waals surface area contributed by atoms with Crippen LogP contribution in [0.3, 0.4) is 0 Å². The predicted octanol–water partition coefficient (Wildman–Crippen LogP) is 12.5. The number of aryl methyl sites for hydroxylation is 1. The van der Waals surface area contributed by atoms with Gasteiger partial charge in [0.05, 0.1) is 28.5 Å². The van der Waals surface area contributed by atoms with E-state index in [4.69, 9.17) is 33.3 Å². The van der Waals surface area contributed by atoms with Crippen LogP contribution in [0.25, 0.3) is 22.7 Å². The molecule has 2 saturated heterocycles. The highest BCUT2D eigenvalue weighted by molar-refractivity contribution is 7.12. The number of alkyl halides is 1. The van der Waals surface area contributed by atoms with Crippen LogP contribution in [-0.4, -0.2) is 79.2 Å². The Labute approximate surface area is 404 Å². The molecule has 7 aromatic heterocycles. The second kappa shape index (κ2) is 24.2. The molecule has 9 heterocycles. The first-order valence-corrected chi connectivity index (χ1v) is 24.5. The highest BCUT2D eigenvalue weighted by Crippen LogP contribution is 2.34. The van der Waals surface area contributed by atoms with E-state index in [0.717, 1.165) is 86.1 Å². The molecular weight excluding hydrogens is 888 g/mol. The molecule has 1 unspecified atom stereocenters. The Morgan fingerprint density at radius 3 is 1.74 bits per heavy atom. The van der Waals surface area contributed by atoms with Gasteiger partial charge in [-0.3, -0.25) is 14.6 Å². The van der Waals surface area contributed by atoms with Gasteiger partial charge in [-0.15, -0.1) is 11.3 Å². The number of nitrogens with one attached hydrogen (secondary N) is 2. The molecule has 17 heteroatoms. The Bertz CT molecular complexity index is 2740. The average Bonchev–Trinajstić information content (AvgIpc) is 4.18. The van der Waals surface area contributed by atoms with Crippen molar-refractivity contribution in [3.63, 3.8) is 0 Å². The van der Waals surface area contributed by atoms with Gasteiger partial charge in [-0.1, -0.05) is 27.7 Å². The smallest absolute Gasteiger partial charge is 0.277 e. The number of carbonyl (C=O) groups excluding carboxylic acids is 2. The van der Waals surface area contributed by atoms with Gasteiger partial charge in [-0.2, -0.15) is 0 Å². The van der Waals surface area contributed by atoms with Crippen LogP contribution in [0.1, 0.15) is 152 Å². The minimum Gasteiger partial charge on any atom is -0.489 e. The lowest BCUT2D eigenvalue weighted by atomic mass is 9.97. The first-order valence-electron chi connectivity index (χ1n) is 23.6. The largest absolute Gasteiger partial charge is 0.489 e. The van der Waals surface area contributed by atoms with Gasteiger partial charge in [0.25, 0.3) is 11.8 Å². The van der Waals surface area contributed by atoms with Crippen LogP contribution >= 0.6 is 11.3 Å². The number of rotatable bonds is 12. The van der Waals surface area contributed by atoms with E-state index in [9.17, 15) is 14.0 Å². The molecular formula is C51H69FN8O7S. The predicted molar refractivity (Wildman–Crippen MR) is 269 cm³/mol. The number of hydrogen-bond donors (Lipinski definition) is 2. The fourth-order valence-corrected chi connectivity index (χ4v) is 8.46. The lowest BCUT2D eigenvalue weighted by Crippen LogP contribution is -2.15. The third-order valence-corrected chi connectivity index (χ3v) is 11.8. The van der Waals surface area contributed by atoms with Crippen LogP contribution in [0.4, 0.5) is 15.8 Å². The number of carbonyl (C=O) groups is 2. The summed E-state index contributed by atoms with van der Waals surface area (Å²) in [7, 11) is 0. The van der Waals surface area contributed by atoms with Crippen molar-refractivity contribution in [2.75, 3.05) is 37.1 Å². The topological polar surface area (TPSA) is 169 Å². The van der Waals surface area contributed by atoms with Crippen LogP contribution in [0.5, 0.6) is 11.5 Å². The van der Waals surface area contributed by atoms with E-state index in [0.29, 0.717) is 51.0 Å². The summed E-state index contributed by atoms with van der Waals surface area (Å²) in [6.45, 7) is 22.1. The summed E-state index contributed by atoms with van der Waals surface area (Å²) in [6.07, 6.45) is 13.3. The highest BCUT2D eigenvalue weighted by atomic mass is 32.1. The monoisotopic (exact) mass is 956 g/mol. The van der Waals surface area contributed by atoms with Crippen molar-refractivity contribution in [2.45, 2.75) is 125 Å². The molecule has 0 spiro atoms. The van der Waals surface area contributed by atoms with Crippen LogP contribution in [0.2, 0.25) is 0 Å². The van der Waals surface area contributed by atoms with E-state index in [1.807, 2.05) is 114 Å². The van der Waals surface area contributed by atoms with Gasteiger partial charge in [0, 0.05) is 95.5 Å². The zero-order valence-electron chi connectivity index (χ0n) is 40.8. The molecule has 68 heavy (non-hydrogen) atoms. The van der Waals surface area contributed by atoms with E-state index < -0.39 is 12.1 Å². The highest BCUT2D eigenvalue weighted by Gasteiger charge is 2.23. The minimum absolute atomic E-state index is 0. The molecule has 15 nitrogen and oxygen atoms in total. The zero-order valence-corrected chi connectivity index (χ0v) is 41.6. The maximum absolute atomic E-state index is 13.5. The molecule has 2 fully saturated rings. The Balaban J connectivity index is 0.000000279. The summed E-state index contributed by atoms with van der Waals surface area (Å²) in [5, 5.41) is 7.51. The van der Waals surface area contributed by atoms with Crippen molar-refractivity contribution in [1.29, 1.82) is 0 Å². The molecule has 368 valence electrons. The van der Waals surface area contributed by atoms with E-state index in [1.54, 1.807) is 23.7 Å². The Morgan fingerprint density at radius 2 is 1.26 bits per heavy atom. The summed E-state index contributed by atoms with van der Waals surface area (Å²) in [5.74, 6) is 1.53. The second-order valence-electron chi connectivity index (χ2n) is 16.6. The normalized spacial score (nSPS) is 14.6. The summed E-state index contributed by atoms with van der Waals surface area (Å²) in [5.41, 5.74) is 6.96. The number of imidazole rings is 2. The molecule has 2 aliphatic heterocycles. The number of aromatic nitrogens is 6. The Kier molecular flexibility index (Phi) is 18.2. The number of oxazole rings is 1. The number of amides is 2. The van der Waals surface area contributed by atoms with Crippen molar-refractivity contribution in [1.82, 2.24) is 28.7 Å². The molecule has 1 atom stereocenters. The van der Waals surface area contributed by atoms with Crippen molar-refractivity contribution < 1.29 is 40.2 Å². The van der Waals surface area contributed by atoms with Crippen molar-refractivity contribution >= 4 is 45.8 Å². The third kappa shape index (κ3) is 13.1. The minimum atomic E-state index is -1.10. The van der Waals surface area contributed by atoms with Crippen molar-refractivity contribution in [3.05, 3.63) is 106 Å². The first kappa shape index (κ1) is 51.2. The van der Waals surface area contributed by atoms with Crippen LogP contribution < -0.4 is 20.1 Å². The van der Waals surface area contributed by atoms with Crippen LogP contribution in [-0.2, 0) is 9.47 Å². The van der Waals surface area contributed by atoms with E-state index in [-0.39, 0.29) is 26.7 Å². The number of hydrogen-bond acceptors (Lipinski definition) is 12. The quantitative estimate of drug-likeness (QED) is 0.120. The summed E-state index contributed by atoms with van der Waals surface area (Å²) in [4.78, 5) is 44.4. The number of fused-ring (bicyclic) bond motifs is 2. The van der Waals surface area contributed by atoms with E-state index in [2.05, 4.69) is 20.6 Å². The summed E-state index contributed by atoms with van der Waals surface area (Å²) >= 11 is 1.23. The molecule has 0 aromatic carbocycles. The molecule has 7 aromatic rings. The molecule has 0 radical (unpaired) electrons. The summed E-state index contributed by atoms with van der Waals surface area (Å²) < 4.78 is 45.8. The summed E-state index contributed by atoms with van der Waals surface area (Å²) in [6, 6.07) is 8.93. The number of ether oxygens (including phenoxy) is 4. The van der Waals surface area contributed by atoms with Crippen molar-refractivity contribution in [2.24, 2.45) is 0 Å². The fraction of sp³-hybridized carbons (Fsp3) is 0.451. The van der Waals surface area contributed by atoms with Crippen LogP contribution in [0, 0.1) is 6.92 Å². The molecule has 2 N–H and O–H groups in total. The third-order valence-electron chi connectivity index (χ3n) is 10.8. The molecule has 0 aliphatic carbocycles. The number of thiophene rings is 1. The first-order chi connectivity index (χ1) is 32.9. The van der Waals surface area contributed by atoms with E-state index in [1.165, 1.54) is 24.5 Å². The average molecular weight is 957 g/mol. The molecule has 2 aliphatic rings. The Hall–Kier alpha value is -6.17. The Morgan fingerprint density at radius 1 is 0.750 bits per heavy atom. The number of pyridine rings is 3. The molecule has 0 bridgehead atoms. The fourth-order valence-electron chi connectivity index (χ4n) is 7.58. The van der Waals surface area contributed by atoms with Crippen LogP contribution in [0.15, 0.2) is 77.4 Å². The SMILES string of the molecule is CC.CC.CC(C)Oc1cc2nc(C3CCOCC3)cn2cc1NC(=O)c1cc(C(C)F)cs1.Cc1cc(-c2nc(C(=O)Nc3cn4cc(C5CCOCC5)nc4cc3OC(C)C)co2)ccn1.[HH].[HH]. The van der Waals surface area contributed by atoms with Gasteiger partial charge in [-0.25, -0.2) is 19.3 Å². The van der Waals surface area contributed by atoms with Gasteiger partial charge in [0.15, 0.2) is 5.69 Å². The standard InChI is InChI=1S/C25H27N5O4.C22H26FN3O3S.2C2H6.2H2/c1-15(2)34-22-11-23-27-19(17-5-8-32-9-6-17)12-30(23)13-20(22)28-24(31)21-14-33-25(29-21)18-4-7-26-16(3)10-18;1-13(2)29-19-9-21-24-17(15-4-6-28-7-5-15)10-26(21)11-18(19)25-22(27)20-8-16(12-30-20)14(3)23;2*1-2;;/h4,7,10-15,17H,5-6,8-9H2,1-3H3,(H,28,31);8-15H,4-7H2,1-3H3,(H,25,27);2*1-2H3;2*1H. The molecule has 2 amide bonds. The van der Waals surface area contributed by atoms with Crippen molar-refractivity contribution in [3.8, 4) is 23.0 Å². The lowest BCUT2D eigenvalue weighted by molar-refractivity contribution is 0.0845. The zero-order chi connectivity index (χ0) is 48.9. The number of nitrogens with zero attached hydrogens (tertiary/aromatic N) is 6. The van der Waals surface area contributed by atoms with E-state index >= 15 is 0 Å². The number of halogens is 1. The maximum Gasteiger partial charge on any atom is 0.277 e. The second-order valence-corrected chi connectivity index (χ2v) is 17.5. The van der Waals surface area contributed by atoms with Gasteiger partial charge in [0.2, 0.25) is 5.89 Å². The maximum atomic E-state index is 13.5. The molecule has 0 saturated carbocycles. The lowest BCUT2D eigenvalue weighted by Gasteiger charge is -2.19.